The molecule has 1 aliphatic rings. The van der Waals surface area contributed by atoms with Crippen LogP contribution in [-0.2, 0) is 14.3 Å². The molecule has 0 fully saturated rings. The van der Waals surface area contributed by atoms with Crippen LogP contribution in [0.3, 0.4) is 0 Å². The molecule has 2 amide bonds. The summed E-state index contributed by atoms with van der Waals surface area (Å²) in [5.74, 6) is -0.0571. The maximum Gasteiger partial charge on any atom is 0.247 e. The second-order valence-corrected chi connectivity index (χ2v) is 8.44. The molecule has 0 heterocycles. The first-order chi connectivity index (χ1) is 15.4. The smallest absolute Gasteiger partial charge is 0.247 e. The molecular formula is C23H31IN2O6. The van der Waals surface area contributed by atoms with Crippen molar-refractivity contribution in [2.45, 2.75) is 38.0 Å². The Kier molecular flexibility index (Phi) is 11.1. The van der Waals surface area contributed by atoms with E-state index in [1.807, 2.05) is 25.1 Å². The molecule has 176 valence electrons. The molecule has 0 spiro atoms. The fourth-order valence-electron chi connectivity index (χ4n) is 3.41. The average Bonchev–Trinajstić information content (AvgIpc) is 2.79. The fourth-order valence-corrected chi connectivity index (χ4v) is 3.92. The highest BCUT2D eigenvalue weighted by atomic mass is 127. The zero-order valence-electron chi connectivity index (χ0n) is 18.4. The number of aliphatic hydroxyl groups is 2. The van der Waals surface area contributed by atoms with Crippen LogP contribution in [0, 0.1) is 3.57 Å². The van der Waals surface area contributed by atoms with Crippen LogP contribution in [-0.4, -0.2) is 78.6 Å². The molecule has 32 heavy (non-hydrogen) atoms. The van der Waals surface area contributed by atoms with E-state index < -0.39 is 18.2 Å². The average molecular weight is 558 g/mol. The van der Waals surface area contributed by atoms with Crippen molar-refractivity contribution in [1.82, 2.24) is 10.2 Å². The number of nitrogens with zero attached hydrogens (tertiary/aromatic N) is 1. The Bertz CT molecular complexity index is 828. The summed E-state index contributed by atoms with van der Waals surface area (Å²) in [5.41, 5.74) is 0.388. The summed E-state index contributed by atoms with van der Waals surface area (Å²) >= 11 is 2.14. The third kappa shape index (κ3) is 7.29. The van der Waals surface area contributed by atoms with Gasteiger partial charge in [0, 0.05) is 32.2 Å². The van der Waals surface area contributed by atoms with Gasteiger partial charge in [0.25, 0.3) is 0 Å². The van der Waals surface area contributed by atoms with Crippen LogP contribution in [0.5, 0.6) is 5.75 Å². The van der Waals surface area contributed by atoms with Crippen LogP contribution in [0.15, 0.2) is 48.1 Å². The highest BCUT2D eigenvalue weighted by molar-refractivity contribution is 14.1. The number of para-hydroxylation sites is 1. The molecule has 0 unspecified atom stereocenters. The SMILES string of the molecule is CCC=CC(=O)N(CCOC)[C@@H]1CC(C(=O)NCCO)=C[C@H](Oc2ccccc2I)[C@H]1O. The molecular weight excluding hydrogens is 527 g/mol. The summed E-state index contributed by atoms with van der Waals surface area (Å²) in [7, 11) is 1.54. The number of allylic oxidation sites excluding steroid dienone is 1. The van der Waals surface area contributed by atoms with E-state index in [4.69, 9.17) is 14.6 Å². The number of hydrogen-bond donors (Lipinski definition) is 3. The monoisotopic (exact) mass is 558 g/mol. The Hall–Kier alpha value is -1.95. The number of benzene rings is 1. The van der Waals surface area contributed by atoms with Gasteiger partial charge in [0.2, 0.25) is 11.8 Å². The Labute approximate surface area is 202 Å². The molecule has 2 rings (SSSR count). The molecule has 3 atom stereocenters. The lowest BCUT2D eigenvalue weighted by Gasteiger charge is -2.40. The summed E-state index contributed by atoms with van der Waals surface area (Å²) < 4.78 is 12.1. The van der Waals surface area contributed by atoms with Gasteiger partial charge < -0.3 is 29.9 Å². The first kappa shape index (κ1) is 26.3. The van der Waals surface area contributed by atoms with Crippen molar-refractivity contribution in [2.24, 2.45) is 0 Å². The number of rotatable bonds is 11. The van der Waals surface area contributed by atoms with E-state index in [2.05, 4.69) is 27.9 Å². The Morgan fingerprint density at radius 1 is 1.34 bits per heavy atom. The number of aliphatic hydroxyl groups excluding tert-OH is 2. The third-order valence-corrected chi connectivity index (χ3v) is 5.92. The Morgan fingerprint density at radius 2 is 2.09 bits per heavy atom. The molecule has 1 aliphatic carbocycles. The van der Waals surface area contributed by atoms with Gasteiger partial charge in [-0.05, 0) is 53.3 Å². The predicted octanol–water partition coefficient (Wildman–Crippen LogP) is 1.65. The number of halogens is 1. The number of carbonyl (C=O) groups is 2. The van der Waals surface area contributed by atoms with E-state index >= 15 is 0 Å². The number of ether oxygens (including phenoxy) is 2. The van der Waals surface area contributed by atoms with Crippen LogP contribution in [0.1, 0.15) is 19.8 Å². The Balaban J connectivity index is 2.39. The number of methoxy groups -OCH3 is 1. The van der Waals surface area contributed by atoms with Crippen molar-refractivity contribution in [1.29, 1.82) is 0 Å². The molecule has 3 N–H and O–H groups in total. The maximum atomic E-state index is 12.9. The zero-order chi connectivity index (χ0) is 23.5. The van der Waals surface area contributed by atoms with Gasteiger partial charge in [-0.15, -0.1) is 0 Å². The second-order valence-electron chi connectivity index (χ2n) is 7.28. The van der Waals surface area contributed by atoms with E-state index in [0.29, 0.717) is 17.7 Å². The molecule has 1 aromatic rings. The summed E-state index contributed by atoms with van der Waals surface area (Å²) in [6.07, 6.45) is 3.77. The van der Waals surface area contributed by atoms with Crippen LogP contribution >= 0.6 is 22.6 Å². The van der Waals surface area contributed by atoms with Crippen molar-refractivity contribution in [2.75, 3.05) is 33.4 Å². The number of nitrogens with one attached hydrogen (secondary N) is 1. The maximum absolute atomic E-state index is 12.9. The van der Waals surface area contributed by atoms with Gasteiger partial charge in [0.1, 0.15) is 18.0 Å². The van der Waals surface area contributed by atoms with Gasteiger partial charge in [-0.25, -0.2) is 0 Å². The van der Waals surface area contributed by atoms with Gasteiger partial charge in [0.05, 0.1) is 22.8 Å². The van der Waals surface area contributed by atoms with Gasteiger partial charge >= 0.3 is 0 Å². The lowest BCUT2D eigenvalue weighted by molar-refractivity contribution is -0.134. The largest absolute Gasteiger partial charge is 0.482 e. The second kappa shape index (κ2) is 13.6. The van der Waals surface area contributed by atoms with Crippen molar-refractivity contribution in [3.63, 3.8) is 0 Å². The minimum atomic E-state index is -1.06. The van der Waals surface area contributed by atoms with Gasteiger partial charge in [-0.3, -0.25) is 9.59 Å². The summed E-state index contributed by atoms with van der Waals surface area (Å²) in [6.45, 7) is 2.39. The quantitative estimate of drug-likeness (QED) is 0.282. The van der Waals surface area contributed by atoms with Crippen LogP contribution in [0.2, 0.25) is 0 Å². The summed E-state index contributed by atoms with van der Waals surface area (Å²) in [4.78, 5) is 27.1. The lowest BCUT2D eigenvalue weighted by atomic mass is 9.88. The Morgan fingerprint density at radius 3 is 2.75 bits per heavy atom. The van der Waals surface area contributed by atoms with E-state index in [9.17, 15) is 14.7 Å². The van der Waals surface area contributed by atoms with Gasteiger partial charge in [-0.1, -0.05) is 25.1 Å². The molecule has 0 radical (unpaired) electrons. The van der Waals surface area contributed by atoms with E-state index in [1.165, 1.54) is 11.0 Å². The number of amides is 2. The van der Waals surface area contributed by atoms with E-state index in [1.54, 1.807) is 25.3 Å². The van der Waals surface area contributed by atoms with Crippen LogP contribution < -0.4 is 10.1 Å². The molecule has 1 aromatic carbocycles. The predicted molar refractivity (Wildman–Crippen MR) is 129 cm³/mol. The van der Waals surface area contributed by atoms with Gasteiger partial charge in [-0.2, -0.15) is 0 Å². The summed E-state index contributed by atoms with van der Waals surface area (Å²) in [6, 6.07) is 6.68. The minimum Gasteiger partial charge on any atom is -0.482 e. The van der Waals surface area contributed by atoms with E-state index in [0.717, 1.165) is 3.57 Å². The highest BCUT2D eigenvalue weighted by Crippen LogP contribution is 2.29. The van der Waals surface area contributed by atoms with Crippen molar-refractivity contribution in [3.8, 4) is 5.75 Å². The van der Waals surface area contributed by atoms with Crippen molar-refractivity contribution in [3.05, 3.63) is 51.6 Å². The molecule has 0 saturated carbocycles. The standard InChI is InChI=1S/C23H31IN2O6/c1-3-4-9-21(28)26(11-13-31-2)18-14-16(23(30)25-10-12-27)15-20(22(18)29)32-19-8-6-5-7-17(19)24/h4-9,15,18,20,22,27,29H,3,10-14H2,1-2H3,(H,25,30)/t18-,20+,22+/m1/s1. The molecule has 8 nitrogen and oxygen atoms in total. The molecule has 0 saturated heterocycles. The van der Waals surface area contributed by atoms with Crippen LogP contribution in [0.4, 0.5) is 0 Å². The zero-order valence-corrected chi connectivity index (χ0v) is 20.5. The van der Waals surface area contributed by atoms with Crippen molar-refractivity contribution >= 4 is 34.4 Å². The summed E-state index contributed by atoms with van der Waals surface area (Å²) in [5, 5.41) is 22.9. The topological polar surface area (TPSA) is 108 Å². The van der Waals surface area contributed by atoms with Gasteiger partial charge in [0.15, 0.2) is 0 Å². The van der Waals surface area contributed by atoms with Crippen molar-refractivity contribution < 1.29 is 29.3 Å². The normalized spacial score (nSPS) is 20.7. The fraction of sp³-hybridized carbons (Fsp3) is 0.478. The first-order valence-electron chi connectivity index (χ1n) is 10.6. The van der Waals surface area contributed by atoms with E-state index in [-0.39, 0.29) is 44.5 Å². The lowest BCUT2D eigenvalue weighted by Crippen LogP contribution is -2.55. The molecule has 0 aliphatic heterocycles. The number of hydrogen-bond acceptors (Lipinski definition) is 6. The van der Waals surface area contributed by atoms with Crippen LogP contribution in [0.25, 0.3) is 0 Å². The molecule has 9 heteroatoms. The molecule has 0 aromatic heterocycles. The highest BCUT2D eigenvalue weighted by Gasteiger charge is 2.40. The minimum absolute atomic E-state index is 0.108. The first-order valence-corrected chi connectivity index (χ1v) is 11.7. The number of carbonyl (C=O) groups excluding carboxylic acids is 2. The third-order valence-electron chi connectivity index (χ3n) is 5.03. The molecule has 0 bridgehead atoms.